The Balaban J connectivity index is -0.0000000507. The molecule has 4 heteroatoms. The summed E-state index contributed by atoms with van der Waals surface area (Å²) in [7, 11) is 0.777. The van der Waals surface area contributed by atoms with Crippen molar-refractivity contribution in [1.82, 2.24) is 0 Å². The van der Waals surface area contributed by atoms with E-state index in [9.17, 15) is 0 Å². The van der Waals surface area contributed by atoms with Gasteiger partial charge in [-0.3, -0.25) is 6.08 Å². The maximum Gasteiger partial charge on any atom is 0 e. The topological polar surface area (TPSA) is 0 Å². The summed E-state index contributed by atoms with van der Waals surface area (Å²) in [5.74, 6) is 0. The van der Waals surface area contributed by atoms with E-state index in [4.69, 9.17) is 0 Å². The molecule has 0 unspecified atom stereocenters. The first-order valence-corrected chi connectivity index (χ1v) is 7.75. The summed E-state index contributed by atoms with van der Waals surface area (Å²) in [4.78, 5) is 0. The van der Waals surface area contributed by atoms with Crippen molar-refractivity contribution in [3.05, 3.63) is 122 Å². The van der Waals surface area contributed by atoms with Gasteiger partial charge in [0, 0.05) is 21.7 Å². The van der Waals surface area contributed by atoms with Crippen molar-refractivity contribution < 1.29 is 21.7 Å². The Hall–Kier alpha value is -0.356. The van der Waals surface area contributed by atoms with Gasteiger partial charge in [-0.1, -0.05) is 69.2 Å². The SMILES string of the molecule is Cl.Cl.[C-]1=CC=CC1.[CH2-]C.[CH3-].[CH3-].[CH3-].[CH3-].[Ti].c1ccc(Pc2ccccc2)cc1. The monoisotopic (exact) mass is 460 g/mol. The van der Waals surface area contributed by atoms with E-state index < -0.39 is 0 Å². The Bertz CT molecular complexity index is 467. The first-order chi connectivity index (χ1) is 9.95. The average molecular weight is 461 g/mol. The van der Waals surface area contributed by atoms with E-state index in [2.05, 4.69) is 79.7 Å². The summed E-state index contributed by atoms with van der Waals surface area (Å²) in [6.07, 6.45) is 10.0. The fourth-order valence-corrected chi connectivity index (χ4v) is 2.60. The van der Waals surface area contributed by atoms with Gasteiger partial charge in [-0.25, -0.2) is 12.2 Å². The fourth-order valence-electron chi connectivity index (χ4n) is 1.55. The van der Waals surface area contributed by atoms with E-state index in [0.29, 0.717) is 0 Å². The number of hydrogen-bond acceptors (Lipinski definition) is 0. The van der Waals surface area contributed by atoms with Crippen LogP contribution >= 0.6 is 33.4 Å². The van der Waals surface area contributed by atoms with Gasteiger partial charge in [0.15, 0.2) is 0 Å². The molecule has 0 atom stereocenters. The van der Waals surface area contributed by atoms with Crippen molar-refractivity contribution >= 4 is 44.0 Å². The molecule has 0 heterocycles. The van der Waals surface area contributed by atoms with E-state index in [1.54, 1.807) is 6.92 Å². The largest absolute Gasteiger partial charge is 0.358 e. The normalized spacial score (nSPS) is 8.22. The van der Waals surface area contributed by atoms with Crippen LogP contribution in [-0.2, 0) is 21.7 Å². The summed E-state index contributed by atoms with van der Waals surface area (Å²) in [6.45, 7) is 5.00. The molecule has 3 rings (SSSR count). The van der Waals surface area contributed by atoms with Crippen molar-refractivity contribution in [2.45, 2.75) is 13.3 Å². The molecule has 0 amide bonds. The molecule has 0 aliphatic heterocycles. The third-order valence-corrected chi connectivity index (χ3v) is 3.67. The van der Waals surface area contributed by atoms with E-state index in [0.717, 1.165) is 15.0 Å². The van der Waals surface area contributed by atoms with Gasteiger partial charge in [-0.05, 0) is 10.6 Å². The summed E-state index contributed by atoms with van der Waals surface area (Å²) < 4.78 is 0. The van der Waals surface area contributed by atoms with Crippen LogP contribution in [0, 0.1) is 42.7 Å². The molecule has 0 saturated heterocycles. The van der Waals surface area contributed by atoms with Crippen LogP contribution in [0.15, 0.2) is 78.9 Å². The molecule has 1 aliphatic rings. The van der Waals surface area contributed by atoms with Crippen LogP contribution < -0.4 is 10.6 Å². The molecule has 0 aromatic heterocycles. The van der Waals surface area contributed by atoms with Crippen LogP contribution in [0.3, 0.4) is 0 Å². The molecule has 0 nitrogen and oxygen atoms in total. The predicted molar refractivity (Wildman–Crippen MR) is 133 cm³/mol. The maximum absolute atomic E-state index is 3.25. The number of hydrogen-bond donors (Lipinski definition) is 0. The molecule has 0 radical (unpaired) electrons. The second-order valence-electron chi connectivity index (χ2n) is 3.86. The number of halogens is 2. The van der Waals surface area contributed by atoms with E-state index in [1.165, 1.54) is 10.6 Å². The van der Waals surface area contributed by atoms with E-state index in [-0.39, 0.29) is 76.2 Å². The van der Waals surface area contributed by atoms with Gasteiger partial charge in [0.25, 0.3) is 0 Å². The number of benzene rings is 2. The van der Waals surface area contributed by atoms with Gasteiger partial charge >= 0.3 is 0 Å². The van der Waals surface area contributed by atoms with Crippen molar-refractivity contribution in [3.63, 3.8) is 0 Å². The fraction of sp³-hybridized carbons (Fsp3) is 0.0870. The second kappa shape index (κ2) is 33.2. The molecular weight excluding hydrogens is 426 g/mol. The average Bonchev–Trinajstić information content (AvgIpc) is 3.11. The zero-order valence-electron chi connectivity index (χ0n) is 17.2. The quantitative estimate of drug-likeness (QED) is 0.254. The minimum atomic E-state index is 0. The Morgan fingerprint density at radius 3 is 1.33 bits per heavy atom. The first kappa shape index (κ1) is 45.4. The number of rotatable bonds is 2. The molecule has 2 aromatic rings. The number of allylic oxidation sites excluding steroid dienone is 4. The van der Waals surface area contributed by atoms with Gasteiger partial charge in [0.2, 0.25) is 0 Å². The minimum Gasteiger partial charge on any atom is -0.358 e. The van der Waals surface area contributed by atoms with Crippen LogP contribution in [0.1, 0.15) is 13.3 Å². The molecule has 2 aromatic carbocycles. The van der Waals surface area contributed by atoms with Crippen molar-refractivity contribution in [2.75, 3.05) is 0 Å². The Labute approximate surface area is 199 Å². The van der Waals surface area contributed by atoms with Gasteiger partial charge in [-0.15, -0.1) is 31.2 Å². The molecule has 27 heavy (non-hydrogen) atoms. The van der Waals surface area contributed by atoms with Crippen molar-refractivity contribution in [3.8, 4) is 0 Å². The molecule has 0 bridgehead atoms. The van der Waals surface area contributed by atoms with Gasteiger partial charge in [0.1, 0.15) is 0 Å². The van der Waals surface area contributed by atoms with Gasteiger partial charge in [0.05, 0.1) is 0 Å². The van der Waals surface area contributed by atoms with Gasteiger partial charge in [-0.2, -0.15) is 13.0 Å². The summed E-state index contributed by atoms with van der Waals surface area (Å²) >= 11 is 0. The molecule has 0 spiro atoms. The Morgan fingerprint density at radius 1 is 0.741 bits per heavy atom. The molecule has 156 valence electrons. The van der Waals surface area contributed by atoms with Crippen LogP contribution in [-0.4, -0.2) is 0 Å². The third kappa shape index (κ3) is 23.6. The molecule has 0 fully saturated rings. The van der Waals surface area contributed by atoms with Crippen LogP contribution in [0.4, 0.5) is 0 Å². The van der Waals surface area contributed by atoms with Crippen molar-refractivity contribution in [2.24, 2.45) is 0 Å². The van der Waals surface area contributed by atoms with E-state index in [1.807, 2.05) is 12.2 Å². The Kier molecular flexibility index (Phi) is 55.9. The third-order valence-electron chi connectivity index (χ3n) is 2.42. The summed E-state index contributed by atoms with van der Waals surface area (Å²) in [6, 6.07) is 21.2. The predicted octanol–water partition coefficient (Wildman–Crippen LogP) is 7.10. The Morgan fingerprint density at radius 2 is 1.11 bits per heavy atom. The van der Waals surface area contributed by atoms with Crippen LogP contribution in [0.25, 0.3) is 0 Å². The maximum atomic E-state index is 3.25. The minimum absolute atomic E-state index is 0. The zero-order chi connectivity index (χ0) is 14.5. The summed E-state index contributed by atoms with van der Waals surface area (Å²) in [5, 5.41) is 2.79. The molecule has 0 saturated carbocycles. The second-order valence-corrected chi connectivity index (χ2v) is 5.26. The molecular formula is C23H35Cl2PTi-6. The molecule has 1 aliphatic carbocycles. The van der Waals surface area contributed by atoms with Gasteiger partial charge < -0.3 is 36.6 Å². The van der Waals surface area contributed by atoms with Crippen molar-refractivity contribution in [1.29, 1.82) is 0 Å². The van der Waals surface area contributed by atoms with Crippen LogP contribution in [0.2, 0.25) is 0 Å². The first-order valence-electron chi connectivity index (χ1n) is 6.75. The van der Waals surface area contributed by atoms with E-state index >= 15 is 0 Å². The molecule has 0 N–H and O–H groups in total. The standard InChI is InChI=1S/C12H11P.C5H5.C2H5.4CH3.2ClH.Ti/c1-3-7-11(8-4-1)13-12-9-5-2-6-10-12;1-2-4-5-3-1;1-2;;;;;;;/h1-10,13H;1-3H,4H2;1H2,2H3;4*1H3;2*1H;/q;6*-1;;;. The summed E-state index contributed by atoms with van der Waals surface area (Å²) in [5.41, 5.74) is 0. The van der Waals surface area contributed by atoms with Crippen LogP contribution in [0.5, 0.6) is 0 Å². The smallest absolute Gasteiger partial charge is 0 e. The zero-order valence-corrected chi connectivity index (χ0v) is 21.4.